The normalized spacial score (nSPS) is 16.4. The summed E-state index contributed by atoms with van der Waals surface area (Å²) in [5, 5.41) is 10.6. The van der Waals surface area contributed by atoms with Gasteiger partial charge in [-0.3, -0.25) is 14.8 Å². The van der Waals surface area contributed by atoms with Crippen LogP contribution in [0.2, 0.25) is 0 Å². The van der Waals surface area contributed by atoms with Gasteiger partial charge in [0.2, 0.25) is 0 Å². The van der Waals surface area contributed by atoms with Crippen LogP contribution in [0.4, 0.5) is 10.6 Å². The van der Waals surface area contributed by atoms with E-state index in [1.54, 1.807) is 11.8 Å². The van der Waals surface area contributed by atoms with E-state index in [0.29, 0.717) is 5.82 Å². The third-order valence-corrected chi connectivity index (χ3v) is 7.28. The Morgan fingerprint density at radius 2 is 1.68 bits per heavy atom. The van der Waals surface area contributed by atoms with Gasteiger partial charge in [-0.25, -0.2) is 4.79 Å². The molecule has 202 valence electrons. The maximum Gasteiger partial charge on any atom is 0.408 e. The lowest BCUT2D eigenvalue weighted by molar-refractivity contribution is -0.121. The highest BCUT2D eigenvalue weighted by Crippen LogP contribution is 2.42. The molecule has 0 spiro atoms. The lowest BCUT2D eigenvalue weighted by Gasteiger charge is -2.40. The molecule has 8 heteroatoms. The summed E-state index contributed by atoms with van der Waals surface area (Å²) in [5.41, 5.74) is 2.34. The fraction of sp³-hybridized carbons (Fsp3) is 0.433. The number of rotatable bonds is 7. The first-order valence-corrected chi connectivity index (χ1v) is 13.2. The van der Waals surface area contributed by atoms with Crippen molar-refractivity contribution in [2.75, 3.05) is 25.0 Å². The fourth-order valence-electron chi connectivity index (χ4n) is 5.13. The third kappa shape index (κ3) is 6.07. The average molecular weight is 518 g/mol. The van der Waals surface area contributed by atoms with Crippen LogP contribution in [-0.2, 0) is 21.6 Å². The number of piperidine rings is 1. The number of carbonyl (C=O) groups excluding carboxylic acids is 2. The molecule has 1 atom stereocenters. The molecule has 4 rings (SSSR count). The summed E-state index contributed by atoms with van der Waals surface area (Å²) in [6.45, 7) is 9.62. The number of alkyl carbamates (subject to hydrolysis) is 1. The number of H-pyrrole nitrogens is 1. The van der Waals surface area contributed by atoms with Crippen molar-refractivity contribution in [3.63, 3.8) is 0 Å². The summed E-state index contributed by atoms with van der Waals surface area (Å²) in [7, 11) is 2.15. The molecule has 1 aliphatic rings. The summed E-state index contributed by atoms with van der Waals surface area (Å²) in [6, 6.07) is 21.2. The van der Waals surface area contributed by atoms with E-state index in [2.05, 4.69) is 51.7 Å². The number of hydrogen-bond donors (Lipinski definition) is 2. The molecule has 38 heavy (non-hydrogen) atoms. The molecule has 3 aromatic rings. The number of ether oxygens (including phenoxy) is 1. The highest BCUT2D eigenvalue weighted by molar-refractivity contribution is 5.98. The van der Waals surface area contributed by atoms with E-state index in [1.165, 1.54) is 5.56 Å². The van der Waals surface area contributed by atoms with Crippen LogP contribution in [-0.4, -0.2) is 58.8 Å². The monoisotopic (exact) mass is 517 g/mol. The van der Waals surface area contributed by atoms with Gasteiger partial charge in [-0.1, -0.05) is 60.7 Å². The zero-order chi connectivity index (χ0) is 27.3. The van der Waals surface area contributed by atoms with Crippen molar-refractivity contribution in [2.45, 2.75) is 64.1 Å². The predicted octanol–water partition coefficient (Wildman–Crippen LogP) is 4.87. The maximum absolute atomic E-state index is 13.7. The lowest BCUT2D eigenvalue weighted by Crippen LogP contribution is -2.54. The Morgan fingerprint density at radius 3 is 2.29 bits per heavy atom. The Kier molecular flexibility index (Phi) is 8.21. The molecule has 1 fully saturated rings. The molecule has 0 saturated carbocycles. The number of carbonyl (C=O) groups is 2. The molecule has 1 aliphatic heterocycles. The van der Waals surface area contributed by atoms with Crippen LogP contribution >= 0.6 is 0 Å². The van der Waals surface area contributed by atoms with Crippen molar-refractivity contribution in [1.82, 2.24) is 20.4 Å². The molecular weight excluding hydrogens is 478 g/mol. The van der Waals surface area contributed by atoms with Crippen LogP contribution < -0.4 is 10.2 Å². The van der Waals surface area contributed by atoms with Gasteiger partial charge in [0.15, 0.2) is 5.82 Å². The van der Waals surface area contributed by atoms with E-state index >= 15 is 0 Å². The second-order valence-corrected chi connectivity index (χ2v) is 11.2. The Bertz CT molecular complexity index is 1210. The summed E-state index contributed by atoms with van der Waals surface area (Å²) in [5.74, 6) is 0.280. The first kappa shape index (κ1) is 27.4. The zero-order valence-electron chi connectivity index (χ0n) is 23.0. The minimum Gasteiger partial charge on any atom is -0.445 e. The van der Waals surface area contributed by atoms with Gasteiger partial charge in [0.1, 0.15) is 12.6 Å². The zero-order valence-corrected chi connectivity index (χ0v) is 23.0. The summed E-state index contributed by atoms with van der Waals surface area (Å²) in [6.07, 6.45) is 1.26. The van der Waals surface area contributed by atoms with E-state index < -0.39 is 17.7 Å². The van der Waals surface area contributed by atoms with Gasteiger partial charge in [-0.05, 0) is 71.8 Å². The molecule has 2 heterocycles. The SMILES string of the molecule is CC(NC(=O)OCc1ccccc1)C(=O)N(c1cc(C2(c3ccccc3)CCN(C)CC2)[nH]n1)C(C)(C)C. The number of nitrogens with zero attached hydrogens (tertiary/aromatic N) is 3. The van der Waals surface area contributed by atoms with Gasteiger partial charge < -0.3 is 15.0 Å². The highest BCUT2D eigenvalue weighted by Gasteiger charge is 2.40. The van der Waals surface area contributed by atoms with Crippen LogP contribution in [0.25, 0.3) is 0 Å². The standard InChI is InChI=1S/C30H39N5O3/c1-22(31-28(37)38-21-23-12-8-6-9-13-23)27(36)35(29(2,3)4)26-20-25(32-33-26)30(16-18-34(5)19-17-30)24-14-10-7-11-15-24/h6-15,20,22H,16-19,21H2,1-5H3,(H,31,37)(H,32,33). The van der Waals surface area contributed by atoms with E-state index in [0.717, 1.165) is 37.2 Å². The molecule has 0 bridgehead atoms. The van der Waals surface area contributed by atoms with Crippen LogP contribution in [0.5, 0.6) is 0 Å². The molecule has 2 aromatic carbocycles. The van der Waals surface area contributed by atoms with Gasteiger partial charge in [0, 0.05) is 22.7 Å². The first-order chi connectivity index (χ1) is 18.1. The number of hydrogen-bond acceptors (Lipinski definition) is 5. The topological polar surface area (TPSA) is 90.6 Å². The molecule has 1 saturated heterocycles. The Balaban J connectivity index is 1.54. The number of likely N-dealkylation sites (tertiary alicyclic amines) is 1. The van der Waals surface area contributed by atoms with Crippen molar-refractivity contribution in [2.24, 2.45) is 0 Å². The number of anilines is 1. The average Bonchev–Trinajstić information content (AvgIpc) is 3.38. The Hall–Kier alpha value is -3.65. The minimum atomic E-state index is -0.802. The highest BCUT2D eigenvalue weighted by atomic mass is 16.5. The predicted molar refractivity (Wildman–Crippen MR) is 149 cm³/mol. The van der Waals surface area contributed by atoms with Crippen molar-refractivity contribution in [1.29, 1.82) is 0 Å². The molecule has 8 nitrogen and oxygen atoms in total. The van der Waals surface area contributed by atoms with Crippen molar-refractivity contribution in [3.05, 3.63) is 83.6 Å². The maximum atomic E-state index is 13.7. The number of amides is 2. The van der Waals surface area contributed by atoms with Crippen LogP contribution in [0, 0.1) is 0 Å². The molecule has 2 amide bonds. The second kappa shape index (κ2) is 11.4. The summed E-state index contributed by atoms with van der Waals surface area (Å²) in [4.78, 5) is 30.1. The summed E-state index contributed by atoms with van der Waals surface area (Å²) >= 11 is 0. The van der Waals surface area contributed by atoms with Gasteiger partial charge in [0.05, 0.1) is 0 Å². The van der Waals surface area contributed by atoms with Gasteiger partial charge in [-0.2, -0.15) is 5.10 Å². The van der Waals surface area contributed by atoms with Crippen molar-refractivity contribution < 1.29 is 14.3 Å². The minimum absolute atomic E-state index is 0.135. The quantitative estimate of drug-likeness (QED) is 0.467. The number of nitrogens with one attached hydrogen (secondary N) is 2. The van der Waals surface area contributed by atoms with Crippen LogP contribution in [0.15, 0.2) is 66.7 Å². The van der Waals surface area contributed by atoms with Crippen LogP contribution in [0.1, 0.15) is 57.4 Å². The van der Waals surface area contributed by atoms with Gasteiger partial charge in [-0.15, -0.1) is 0 Å². The largest absolute Gasteiger partial charge is 0.445 e. The lowest BCUT2D eigenvalue weighted by atomic mass is 9.70. The van der Waals surface area contributed by atoms with E-state index in [4.69, 9.17) is 4.74 Å². The van der Waals surface area contributed by atoms with Gasteiger partial charge >= 0.3 is 6.09 Å². The number of benzene rings is 2. The van der Waals surface area contributed by atoms with Crippen molar-refractivity contribution >= 4 is 17.8 Å². The van der Waals surface area contributed by atoms with E-state index in [-0.39, 0.29) is 17.9 Å². The van der Waals surface area contributed by atoms with E-state index in [9.17, 15) is 9.59 Å². The van der Waals surface area contributed by atoms with Gasteiger partial charge in [0.25, 0.3) is 5.91 Å². The molecule has 0 aliphatic carbocycles. The van der Waals surface area contributed by atoms with Crippen molar-refractivity contribution in [3.8, 4) is 0 Å². The smallest absolute Gasteiger partial charge is 0.408 e. The Labute approximate surface area is 225 Å². The number of aromatic nitrogens is 2. The first-order valence-electron chi connectivity index (χ1n) is 13.2. The molecule has 2 N–H and O–H groups in total. The Morgan fingerprint density at radius 1 is 1.08 bits per heavy atom. The van der Waals surface area contributed by atoms with Crippen LogP contribution in [0.3, 0.4) is 0 Å². The summed E-state index contributed by atoms with van der Waals surface area (Å²) < 4.78 is 5.33. The number of aromatic amines is 1. The third-order valence-electron chi connectivity index (χ3n) is 7.28. The molecular formula is C30H39N5O3. The molecule has 1 aromatic heterocycles. The molecule has 0 radical (unpaired) electrons. The van der Waals surface area contributed by atoms with E-state index in [1.807, 2.05) is 63.2 Å². The second-order valence-electron chi connectivity index (χ2n) is 11.2. The fourth-order valence-corrected chi connectivity index (χ4v) is 5.13. The molecule has 1 unspecified atom stereocenters.